The molecular weight excluding hydrogens is 260 g/mol. The lowest BCUT2D eigenvalue weighted by atomic mass is 9.89. The minimum Gasteiger partial charge on any atom is -0.356 e. The van der Waals surface area contributed by atoms with Crippen molar-refractivity contribution in [2.45, 2.75) is 26.3 Å². The van der Waals surface area contributed by atoms with Gasteiger partial charge in [-0.2, -0.15) is 0 Å². The third-order valence-electron chi connectivity index (χ3n) is 4.21. The number of hydrogen-bond acceptors (Lipinski definition) is 3. The summed E-state index contributed by atoms with van der Waals surface area (Å²) in [6.07, 6.45) is 1.05. The number of para-hydroxylation sites is 1. The fourth-order valence-corrected chi connectivity index (χ4v) is 2.64. The van der Waals surface area contributed by atoms with Gasteiger partial charge < -0.3 is 10.3 Å². The van der Waals surface area contributed by atoms with Crippen LogP contribution in [-0.4, -0.2) is 5.16 Å². The van der Waals surface area contributed by atoms with Crippen LogP contribution >= 0.6 is 0 Å². The molecule has 21 heavy (non-hydrogen) atoms. The molecule has 0 spiro atoms. The SMILES string of the molecule is CCC(C)C(N)c1ccccc1-c1noc2ccccc12. The van der Waals surface area contributed by atoms with Crippen LogP contribution < -0.4 is 5.73 Å². The van der Waals surface area contributed by atoms with Crippen molar-refractivity contribution < 1.29 is 4.52 Å². The molecule has 108 valence electrons. The lowest BCUT2D eigenvalue weighted by Crippen LogP contribution is -2.19. The zero-order valence-electron chi connectivity index (χ0n) is 12.4. The molecule has 0 aliphatic rings. The van der Waals surface area contributed by atoms with E-state index in [4.69, 9.17) is 10.3 Å². The minimum absolute atomic E-state index is 0.00154. The number of aromatic nitrogens is 1. The summed E-state index contributed by atoms with van der Waals surface area (Å²) >= 11 is 0. The number of benzene rings is 2. The Kier molecular flexibility index (Phi) is 3.76. The molecule has 3 nitrogen and oxygen atoms in total. The average Bonchev–Trinajstić information content (AvgIpc) is 2.97. The van der Waals surface area contributed by atoms with Gasteiger partial charge in [-0.3, -0.25) is 0 Å². The van der Waals surface area contributed by atoms with E-state index in [2.05, 4.69) is 31.1 Å². The molecule has 3 aromatic rings. The fraction of sp³-hybridized carbons (Fsp3) is 0.278. The second-order valence-electron chi connectivity index (χ2n) is 5.53. The number of hydrogen-bond donors (Lipinski definition) is 1. The molecule has 0 bridgehead atoms. The van der Waals surface area contributed by atoms with Crippen molar-refractivity contribution in [3.05, 3.63) is 54.1 Å². The summed E-state index contributed by atoms with van der Waals surface area (Å²) in [5.41, 5.74) is 10.3. The topological polar surface area (TPSA) is 52.0 Å². The van der Waals surface area contributed by atoms with Gasteiger partial charge in [-0.25, -0.2) is 0 Å². The Balaban J connectivity index is 2.15. The maximum Gasteiger partial charge on any atom is 0.167 e. The predicted molar refractivity (Wildman–Crippen MR) is 85.8 cm³/mol. The van der Waals surface area contributed by atoms with Crippen molar-refractivity contribution in [3.63, 3.8) is 0 Å². The largest absolute Gasteiger partial charge is 0.356 e. The third kappa shape index (κ3) is 2.45. The first kappa shape index (κ1) is 13.8. The van der Waals surface area contributed by atoms with Crippen molar-refractivity contribution in [1.82, 2.24) is 5.16 Å². The summed E-state index contributed by atoms with van der Waals surface area (Å²) in [5.74, 6) is 0.421. The van der Waals surface area contributed by atoms with Crippen LogP contribution in [0.25, 0.3) is 22.2 Å². The van der Waals surface area contributed by atoms with Gasteiger partial charge in [0.15, 0.2) is 5.58 Å². The van der Waals surface area contributed by atoms with E-state index in [1.165, 1.54) is 0 Å². The van der Waals surface area contributed by atoms with Crippen LogP contribution in [0.15, 0.2) is 53.1 Å². The minimum atomic E-state index is 0.00154. The van der Waals surface area contributed by atoms with Crippen molar-refractivity contribution in [1.29, 1.82) is 0 Å². The summed E-state index contributed by atoms with van der Waals surface area (Å²) in [4.78, 5) is 0. The highest BCUT2D eigenvalue weighted by atomic mass is 16.5. The zero-order chi connectivity index (χ0) is 14.8. The smallest absolute Gasteiger partial charge is 0.167 e. The van der Waals surface area contributed by atoms with Crippen LogP contribution in [0.5, 0.6) is 0 Å². The average molecular weight is 280 g/mol. The molecule has 0 aliphatic carbocycles. The second kappa shape index (κ2) is 5.70. The quantitative estimate of drug-likeness (QED) is 0.763. The van der Waals surface area contributed by atoms with Crippen LogP contribution in [0.1, 0.15) is 31.9 Å². The molecule has 2 aromatic carbocycles. The van der Waals surface area contributed by atoms with Gasteiger partial charge in [0.05, 0.1) is 0 Å². The highest BCUT2D eigenvalue weighted by Crippen LogP contribution is 2.34. The molecule has 2 atom stereocenters. The van der Waals surface area contributed by atoms with E-state index in [1.807, 2.05) is 36.4 Å². The zero-order valence-corrected chi connectivity index (χ0v) is 12.4. The number of nitrogens with zero attached hydrogens (tertiary/aromatic N) is 1. The van der Waals surface area contributed by atoms with E-state index in [1.54, 1.807) is 0 Å². The Bertz CT molecular complexity index is 748. The van der Waals surface area contributed by atoms with Gasteiger partial charge in [0.2, 0.25) is 0 Å². The molecule has 1 aromatic heterocycles. The summed E-state index contributed by atoms with van der Waals surface area (Å²) in [5, 5.41) is 5.29. The maximum atomic E-state index is 6.44. The molecule has 2 N–H and O–H groups in total. The number of rotatable bonds is 4. The van der Waals surface area contributed by atoms with Crippen LogP contribution in [-0.2, 0) is 0 Å². The van der Waals surface area contributed by atoms with Crippen molar-refractivity contribution in [2.24, 2.45) is 11.7 Å². The lowest BCUT2D eigenvalue weighted by molar-refractivity contribution is 0.453. The molecule has 3 heteroatoms. The van der Waals surface area contributed by atoms with Gasteiger partial charge in [-0.15, -0.1) is 0 Å². The van der Waals surface area contributed by atoms with Gasteiger partial charge in [-0.05, 0) is 23.6 Å². The van der Waals surface area contributed by atoms with Crippen molar-refractivity contribution in [2.75, 3.05) is 0 Å². The summed E-state index contributed by atoms with van der Waals surface area (Å²) in [7, 11) is 0. The van der Waals surface area contributed by atoms with Crippen LogP contribution in [0.2, 0.25) is 0 Å². The molecule has 0 fully saturated rings. The molecule has 2 unspecified atom stereocenters. The molecule has 3 rings (SSSR count). The third-order valence-corrected chi connectivity index (χ3v) is 4.21. The van der Waals surface area contributed by atoms with Crippen molar-refractivity contribution in [3.8, 4) is 11.3 Å². The molecule has 0 saturated carbocycles. The Morgan fingerprint density at radius 2 is 1.81 bits per heavy atom. The monoisotopic (exact) mass is 280 g/mol. The molecule has 0 aliphatic heterocycles. The summed E-state index contributed by atoms with van der Waals surface area (Å²) in [6.45, 7) is 4.35. The normalized spacial score (nSPS) is 14.2. The maximum absolute atomic E-state index is 6.44. The summed E-state index contributed by atoms with van der Waals surface area (Å²) in [6, 6.07) is 16.1. The van der Waals surface area contributed by atoms with E-state index in [-0.39, 0.29) is 6.04 Å². The van der Waals surface area contributed by atoms with E-state index < -0.39 is 0 Å². The van der Waals surface area contributed by atoms with E-state index in [0.717, 1.165) is 34.2 Å². The fourth-order valence-electron chi connectivity index (χ4n) is 2.64. The highest BCUT2D eigenvalue weighted by molar-refractivity contribution is 5.92. The second-order valence-corrected chi connectivity index (χ2v) is 5.53. The van der Waals surface area contributed by atoms with E-state index >= 15 is 0 Å². The van der Waals surface area contributed by atoms with E-state index in [0.29, 0.717) is 5.92 Å². The molecule has 0 radical (unpaired) electrons. The van der Waals surface area contributed by atoms with Crippen molar-refractivity contribution >= 4 is 11.0 Å². The van der Waals surface area contributed by atoms with Gasteiger partial charge in [-0.1, -0.05) is 61.8 Å². The predicted octanol–water partition coefficient (Wildman–Crippen LogP) is 4.54. The first-order valence-corrected chi connectivity index (χ1v) is 7.41. The standard InChI is InChI=1S/C18H20N2O/c1-3-12(2)17(19)13-8-4-5-9-14(13)18-15-10-6-7-11-16(15)21-20-18/h4-12,17H,3,19H2,1-2H3. The Morgan fingerprint density at radius 3 is 2.62 bits per heavy atom. The van der Waals surface area contributed by atoms with Gasteiger partial charge in [0, 0.05) is 17.0 Å². The highest BCUT2D eigenvalue weighted by Gasteiger charge is 2.20. The van der Waals surface area contributed by atoms with Crippen LogP contribution in [0.3, 0.4) is 0 Å². The van der Waals surface area contributed by atoms with Gasteiger partial charge in [0.1, 0.15) is 5.69 Å². The van der Waals surface area contributed by atoms with Gasteiger partial charge >= 0.3 is 0 Å². The first-order valence-electron chi connectivity index (χ1n) is 7.41. The molecule has 0 saturated heterocycles. The Morgan fingerprint density at radius 1 is 1.10 bits per heavy atom. The summed E-state index contributed by atoms with van der Waals surface area (Å²) < 4.78 is 5.43. The Hall–Kier alpha value is -2.13. The van der Waals surface area contributed by atoms with Crippen LogP contribution in [0, 0.1) is 5.92 Å². The molecule has 0 amide bonds. The van der Waals surface area contributed by atoms with E-state index in [9.17, 15) is 0 Å². The number of nitrogens with two attached hydrogens (primary N) is 1. The van der Waals surface area contributed by atoms with Gasteiger partial charge in [0.25, 0.3) is 0 Å². The Labute approximate surface area is 124 Å². The van der Waals surface area contributed by atoms with Crippen LogP contribution in [0.4, 0.5) is 0 Å². The first-order chi connectivity index (χ1) is 10.2. The molecule has 1 heterocycles. The number of fused-ring (bicyclic) bond motifs is 1. The molecular formula is C18H20N2O. The lowest BCUT2D eigenvalue weighted by Gasteiger charge is -2.21.